The fourth-order valence-corrected chi connectivity index (χ4v) is 6.87. The summed E-state index contributed by atoms with van der Waals surface area (Å²) in [5.74, 6) is 0.802. The van der Waals surface area contributed by atoms with Gasteiger partial charge < -0.3 is 14.9 Å². The molecule has 9 nitrogen and oxygen atoms in total. The number of pyridine rings is 1. The van der Waals surface area contributed by atoms with Gasteiger partial charge >= 0.3 is 6.18 Å². The number of carbonyl (C=O) groups excluding carboxylic acids is 1. The predicted octanol–water partition coefficient (Wildman–Crippen LogP) is 6.40. The minimum atomic E-state index is -4.65. The van der Waals surface area contributed by atoms with E-state index in [4.69, 9.17) is 23.2 Å². The van der Waals surface area contributed by atoms with E-state index < -0.39 is 11.9 Å². The van der Waals surface area contributed by atoms with Crippen LogP contribution < -0.4 is 10.9 Å². The second-order valence-corrected chi connectivity index (χ2v) is 12.0. The summed E-state index contributed by atoms with van der Waals surface area (Å²) >= 11 is 12.9. The Labute approximate surface area is 256 Å². The number of fused-ring (bicyclic) bond motifs is 4. The number of benzene rings is 2. The number of anilines is 1. The maximum Gasteiger partial charge on any atom is 0.436 e. The normalized spacial score (nSPS) is 20.2. The van der Waals surface area contributed by atoms with Crippen LogP contribution >= 0.6 is 23.2 Å². The number of imidazole rings is 1. The van der Waals surface area contributed by atoms with Crippen LogP contribution in [-0.2, 0) is 17.4 Å². The molecule has 8 rings (SSSR count). The van der Waals surface area contributed by atoms with Crippen LogP contribution in [0.3, 0.4) is 0 Å². The number of halogens is 5. The number of nitrogens with zero attached hydrogens (tertiary/aromatic N) is 5. The van der Waals surface area contributed by atoms with Gasteiger partial charge in [0.05, 0.1) is 23.6 Å². The molecule has 5 heterocycles. The summed E-state index contributed by atoms with van der Waals surface area (Å²) in [7, 11) is 0. The molecule has 0 radical (unpaired) electrons. The maximum atomic E-state index is 13.7. The van der Waals surface area contributed by atoms with E-state index in [-0.39, 0.29) is 34.5 Å². The first kappa shape index (κ1) is 27.2. The average molecular weight is 638 g/mol. The topological polar surface area (TPSA) is 110 Å². The fraction of sp³-hybridized carbons (Fsp3) is 0.233. The second-order valence-electron chi connectivity index (χ2n) is 11.2. The number of rotatable bonds is 4. The lowest BCUT2D eigenvalue weighted by molar-refractivity contribution is -0.141. The molecule has 0 saturated heterocycles. The van der Waals surface area contributed by atoms with Gasteiger partial charge in [-0.1, -0.05) is 34.5 Å². The van der Waals surface area contributed by atoms with Crippen molar-refractivity contribution in [2.24, 2.45) is 5.92 Å². The first-order valence-electron chi connectivity index (χ1n) is 13.8. The van der Waals surface area contributed by atoms with Gasteiger partial charge in [0.15, 0.2) is 10.8 Å². The zero-order valence-electron chi connectivity index (χ0n) is 22.5. The Morgan fingerprint density at radius 2 is 1.82 bits per heavy atom. The van der Waals surface area contributed by atoms with Crippen LogP contribution in [0.5, 0.6) is 0 Å². The van der Waals surface area contributed by atoms with Crippen LogP contribution in [-0.4, -0.2) is 35.4 Å². The van der Waals surface area contributed by atoms with Gasteiger partial charge in [-0.3, -0.25) is 9.59 Å². The molecule has 1 saturated carbocycles. The lowest BCUT2D eigenvalue weighted by Gasteiger charge is -2.18. The number of alkyl halides is 3. The van der Waals surface area contributed by atoms with Crippen molar-refractivity contribution in [3.05, 3.63) is 98.0 Å². The third kappa shape index (κ3) is 4.34. The first-order valence-corrected chi connectivity index (χ1v) is 14.6. The van der Waals surface area contributed by atoms with Gasteiger partial charge in [-0.25, -0.2) is 9.67 Å². The molecule has 0 bridgehead atoms. The summed E-state index contributed by atoms with van der Waals surface area (Å²) in [6.45, 7) is 0. The van der Waals surface area contributed by atoms with Crippen LogP contribution in [0.1, 0.15) is 47.6 Å². The number of hydrogen-bond donors (Lipinski definition) is 2. The lowest BCUT2D eigenvalue weighted by atomic mass is 9.99. The highest BCUT2D eigenvalue weighted by Gasteiger charge is 2.54. The highest BCUT2D eigenvalue weighted by atomic mass is 35.5. The number of aromatic amines is 1. The molecule has 3 aliphatic rings. The summed E-state index contributed by atoms with van der Waals surface area (Å²) in [4.78, 5) is 33.5. The van der Waals surface area contributed by atoms with E-state index in [0.29, 0.717) is 46.2 Å². The summed E-state index contributed by atoms with van der Waals surface area (Å²) in [6.07, 6.45) is -1.97. The first-order chi connectivity index (χ1) is 21.0. The van der Waals surface area contributed by atoms with Gasteiger partial charge in [-0.05, 0) is 66.3 Å². The molecular weight excluding hydrogens is 618 g/mol. The van der Waals surface area contributed by atoms with Gasteiger partial charge in [0.1, 0.15) is 5.82 Å². The average Bonchev–Trinajstić information content (AvgIpc) is 3.28. The molecule has 222 valence electrons. The van der Waals surface area contributed by atoms with Gasteiger partial charge in [-0.15, -0.1) is 5.10 Å². The lowest BCUT2D eigenvalue weighted by Crippen LogP contribution is -2.26. The molecule has 3 atom stereocenters. The molecule has 1 fully saturated rings. The van der Waals surface area contributed by atoms with Crippen LogP contribution in [0.15, 0.2) is 59.5 Å². The van der Waals surface area contributed by atoms with Crippen molar-refractivity contribution in [1.82, 2.24) is 29.5 Å². The van der Waals surface area contributed by atoms with Crippen LogP contribution in [0.4, 0.5) is 18.9 Å². The van der Waals surface area contributed by atoms with E-state index in [1.807, 2.05) is 24.3 Å². The Morgan fingerprint density at radius 3 is 2.61 bits per heavy atom. The van der Waals surface area contributed by atoms with E-state index in [9.17, 15) is 22.8 Å². The highest BCUT2D eigenvalue weighted by molar-refractivity contribution is 6.32. The van der Waals surface area contributed by atoms with Crippen LogP contribution in [0.25, 0.3) is 28.1 Å². The molecule has 0 spiro atoms. The standard InChI is InChI=1S/C30H20Cl2F3N7O2/c31-16-3-5-21(41-12-23(39-40-41)30(33,34)35)17(10-16)15-8-22-18-11-19(18)27(42(22)25(44)9-15)29-37-26(28(32)38-29)14-1-4-20-13(7-14)2-6-24(43)36-20/h1,3-5,7-10,12,18-19,27H,2,6,11H2,(H,36,43)(H,37,38). The maximum absolute atomic E-state index is 13.7. The number of hydrogen-bond acceptors (Lipinski definition) is 5. The minimum Gasteiger partial charge on any atom is -0.339 e. The SMILES string of the molecule is O=C1CCc2cc(-c3[nH]c(C4C5CC5c5cc(-c6cc(Cl)ccc6-n6cc(C(F)(F)F)nn6)cc(=O)n54)nc3Cl)ccc2N1. The van der Waals surface area contributed by atoms with Crippen LogP contribution in [0, 0.1) is 5.92 Å². The number of carbonyl (C=O) groups is 1. The number of amides is 1. The Kier molecular flexibility index (Phi) is 5.89. The number of aromatic nitrogens is 6. The number of nitrogens with one attached hydrogen (secondary N) is 2. The molecular formula is C30H20Cl2F3N7O2. The molecule has 1 amide bonds. The summed E-state index contributed by atoms with van der Waals surface area (Å²) < 4.78 is 42.4. The summed E-state index contributed by atoms with van der Waals surface area (Å²) in [6, 6.07) is 13.3. The third-order valence-corrected chi connectivity index (χ3v) is 9.06. The van der Waals surface area contributed by atoms with Gasteiger partial charge in [0, 0.05) is 45.9 Å². The molecule has 2 aromatic carbocycles. The van der Waals surface area contributed by atoms with Crippen molar-refractivity contribution >= 4 is 34.8 Å². The number of H-pyrrole nitrogens is 1. The molecule has 5 aromatic rings. The second kappa shape index (κ2) is 9.54. The molecule has 44 heavy (non-hydrogen) atoms. The third-order valence-electron chi connectivity index (χ3n) is 8.55. The van der Waals surface area contributed by atoms with E-state index in [1.165, 1.54) is 6.07 Å². The summed E-state index contributed by atoms with van der Waals surface area (Å²) in [5.41, 5.74) is 3.89. The monoisotopic (exact) mass is 637 g/mol. The molecule has 3 aromatic heterocycles. The van der Waals surface area contributed by atoms with Crippen molar-refractivity contribution in [2.45, 2.75) is 37.4 Å². The molecule has 1 aliphatic carbocycles. The van der Waals surface area contributed by atoms with Gasteiger partial charge in [0.2, 0.25) is 5.91 Å². The quantitative estimate of drug-likeness (QED) is 0.237. The fourth-order valence-electron chi connectivity index (χ4n) is 6.45. The van der Waals surface area contributed by atoms with Crippen molar-refractivity contribution in [3.63, 3.8) is 0 Å². The van der Waals surface area contributed by atoms with Gasteiger partial charge in [-0.2, -0.15) is 13.2 Å². The number of aryl methyl sites for hydroxylation is 1. The highest BCUT2D eigenvalue weighted by Crippen LogP contribution is 2.60. The van der Waals surface area contributed by atoms with E-state index in [2.05, 4.69) is 25.6 Å². The minimum absolute atomic E-state index is 0.0137. The largest absolute Gasteiger partial charge is 0.436 e. The van der Waals surface area contributed by atoms with Crippen LogP contribution in [0.2, 0.25) is 10.2 Å². The Bertz CT molecular complexity index is 2080. The Morgan fingerprint density at radius 1 is 0.977 bits per heavy atom. The zero-order valence-corrected chi connectivity index (χ0v) is 24.0. The predicted molar refractivity (Wildman–Crippen MR) is 156 cm³/mol. The Hall–Kier alpha value is -4.42. The summed E-state index contributed by atoms with van der Waals surface area (Å²) in [5, 5.41) is 10.5. The molecule has 14 heteroatoms. The Balaban J connectivity index is 1.17. The molecule has 3 unspecified atom stereocenters. The zero-order chi connectivity index (χ0) is 30.5. The van der Waals surface area contributed by atoms with E-state index in [1.54, 1.807) is 22.8 Å². The van der Waals surface area contributed by atoms with Gasteiger partial charge in [0.25, 0.3) is 5.56 Å². The van der Waals surface area contributed by atoms with Crippen molar-refractivity contribution in [3.8, 4) is 28.1 Å². The van der Waals surface area contributed by atoms with Crippen molar-refractivity contribution in [2.75, 3.05) is 5.32 Å². The van der Waals surface area contributed by atoms with Crippen molar-refractivity contribution in [1.29, 1.82) is 0 Å². The molecule has 2 aliphatic heterocycles. The van der Waals surface area contributed by atoms with Crippen molar-refractivity contribution < 1.29 is 18.0 Å². The van der Waals surface area contributed by atoms with E-state index in [0.717, 1.165) is 39.8 Å². The van der Waals surface area contributed by atoms with E-state index >= 15 is 0 Å². The molecule has 2 N–H and O–H groups in total. The smallest absolute Gasteiger partial charge is 0.339 e.